The highest BCUT2D eigenvalue weighted by molar-refractivity contribution is 5.33. The Labute approximate surface area is 148 Å². The van der Waals surface area contributed by atoms with E-state index >= 15 is 0 Å². The Morgan fingerprint density at radius 3 is 2.60 bits per heavy atom. The van der Waals surface area contributed by atoms with Gasteiger partial charge in [-0.25, -0.2) is 0 Å². The molecule has 3 aromatic rings. The largest absolute Gasteiger partial charge is 0.489 e. The Balaban J connectivity index is 1.59. The summed E-state index contributed by atoms with van der Waals surface area (Å²) < 4.78 is 7.98. The lowest BCUT2D eigenvalue weighted by Gasteiger charge is -2.22. The molecule has 0 bridgehead atoms. The first kappa shape index (κ1) is 17.2. The summed E-state index contributed by atoms with van der Waals surface area (Å²) in [6.45, 7) is 5.63. The van der Waals surface area contributed by atoms with Crippen LogP contribution >= 0.6 is 0 Å². The van der Waals surface area contributed by atoms with Crippen LogP contribution in [-0.2, 0) is 13.2 Å². The molecule has 5 nitrogen and oxygen atoms in total. The molecule has 1 N–H and O–H groups in total. The second kappa shape index (κ2) is 8.44. The fraction of sp³-hybridized carbons (Fsp3) is 0.300. The number of hydrogen-bond acceptors (Lipinski definition) is 4. The second-order valence-electron chi connectivity index (χ2n) is 6.15. The molecular weight excluding hydrogens is 312 g/mol. The van der Waals surface area contributed by atoms with Crippen LogP contribution in [0.4, 0.5) is 0 Å². The van der Waals surface area contributed by atoms with E-state index in [0.29, 0.717) is 6.61 Å². The minimum Gasteiger partial charge on any atom is -0.489 e. The number of ether oxygens (including phenoxy) is 1. The molecule has 0 aliphatic carbocycles. The highest BCUT2D eigenvalue weighted by Gasteiger charge is 2.14. The molecule has 0 saturated carbocycles. The molecule has 0 fully saturated rings. The van der Waals surface area contributed by atoms with Gasteiger partial charge in [0.1, 0.15) is 12.4 Å². The smallest absolute Gasteiger partial charge is 0.124 e. The summed E-state index contributed by atoms with van der Waals surface area (Å²) in [6.07, 6.45) is 7.37. The lowest BCUT2D eigenvalue weighted by Crippen LogP contribution is -2.33. The molecule has 25 heavy (non-hydrogen) atoms. The van der Waals surface area contributed by atoms with E-state index in [9.17, 15) is 0 Å². The summed E-state index contributed by atoms with van der Waals surface area (Å²) in [5.41, 5.74) is 2.26. The number of aromatic nitrogens is 3. The summed E-state index contributed by atoms with van der Waals surface area (Å²) in [5.74, 6) is 0.908. The Morgan fingerprint density at radius 1 is 1.04 bits per heavy atom. The molecule has 130 valence electrons. The van der Waals surface area contributed by atoms with Crippen LogP contribution < -0.4 is 10.1 Å². The van der Waals surface area contributed by atoms with Crippen molar-refractivity contribution in [2.24, 2.45) is 0 Å². The van der Waals surface area contributed by atoms with Crippen LogP contribution in [0.5, 0.6) is 5.75 Å². The molecule has 0 saturated heterocycles. The summed E-state index contributed by atoms with van der Waals surface area (Å²) in [7, 11) is 0. The minimum absolute atomic E-state index is 0.278. The molecule has 5 heteroatoms. The van der Waals surface area contributed by atoms with Gasteiger partial charge in [0.15, 0.2) is 0 Å². The minimum atomic E-state index is 0.278. The van der Waals surface area contributed by atoms with Crippen LogP contribution in [0.25, 0.3) is 0 Å². The van der Waals surface area contributed by atoms with Crippen molar-refractivity contribution >= 4 is 0 Å². The molecule has 2 aromatic heterocycles. The van der Waals surface area contributed by atoms with E-state index in [1.165, 1.54) is 0 Å². The summed E-state index contributed by atoms with van der Waals surface area (Å²) in [5, 5.41) is 7.89. The third-order valence-electron chi connectivity index (χ3n) is 4.40. The zero-order valence-electron chi connectivity index (χ0n) is 14.7. The highest BCUT2D eigenvalue weighted by atomic mass is 16.5. The van der Waals surface area contributed by atoms with Crippen LogP contribution in [-0.4, -0.2) is 20.8 Å². The van der Waals surface area contributed by atoms with Crippen molar-refractivity contribution in [1.82, 2.24) is 20.1 Å². The number of nitrogens with zero attached hydrogens (tertiary/aromatic N) is 3. The fourth-order valence-corrected chi connectivity index (χ4v) is 2.62. The number of pyridine rings is 1. The third-order valence-corrected chi connectivity index (χ3v) is 4.40. The first-order valence-corrected chi connectivity index (χ1v) is 8.56. The van der Waals surface area contributed by atoms with Crippen molar-refractivity contribution in [3.63, 3.8) is 0 Å². The van der Waals surface area contributed by atoms with Crippen molar-refractivity contribution in [3.8, 4) is 5.75 Å². The standard InChI is InChI=1S/C20H24N4O/c1-16(17(2)24-13-5-10-23-24)22-14-19-6-3-4-7-20(19)25-15-18-8-11-21-12-9-18/h3-13,16-17,22H,14-15H2,1-2H3/t16-,17+/m0/s1. The Kier molecular flexibility index (Phi) is 5.80. The molecule has 0 spiro atoms. The molecule has 2 heterocycles. The predicted octanol–water partition coefficient (Wildman–Crippen LogP) is 3.60. The monoisotopic (exact) mass is 336 g/mol. The topological polar surface area (TPSA) is 52.0 Å². The van der Waals surface area contributed by atoms with Crippen LogP contribution in [0.1, 0.15) is 31.0 Å². The van der Waals surface area contributed by atoms with Gasteiger partial charge in [-0.3, -0.25) is 9.67 Å². The van der Waals surface area contributed by atoms with Crippen molar-refractivity contribution in [2.45, 2.75) is 39.1 Å². The van der Waals surface area contributed by atoms with E-state index in [0.717, 1.165) is 23.4 Å². The number of nitrogens with one attached hydrogen (secondary N) is 1. The Bertz CT molecular complexity index is 758. The van der Waals surface area contributed by atoms with Crippen molar-refractivity contribution in [3.05, 3.63) is 78.4 Å². The van der Waals surface area contributed by atoms with Gasteiger partial charge in [-0.05, 0) is 43.7 Å². The summed E-state index contributed by atoms with van der Waals surface area (Å²) in [4.78, 5) is 4.03. The van der Waals surface area contributed by atoms with E-state index in [2.05, 4.69) is 35.3 Å². The maximum Gasteiger partial charge on any atom is 0.124 e. The van der Waals surface area contributed by atoms with Gasteiger partial charge in [0.25, 0.3) is 0 Å². The molecule has 0 aliphatic heterocycles. The van der Waals surface area contributed by atoms with Gasteiger partial charge in [0.05, 0.1) is 6.04 Å². The van der Waals surface area contributed by atoms with Crippen molar-refractivity contribution in [1.29, 1.82) is 0 Å². The van der Waals surface area contributed by atoms with Gasteiger partial charge < -0.3 is 10.1 Å². The molecule has 0 amide bonds. The average Bonchev–Trinajstić information content (AvgIpc) is 3.20. The van der Waals surface area contributed by atoms with Gasteiger partial charge >= 0.3 is 0 Å². The van der Waals surface area contributed by atoms with Crippen LogP contribution in [0, 0.1) is 0 Å². The van der Waals surface area contributed by atoms with E-state index in [1.54, 1.807) is 12.4 Å². The number of rotatable bonds is 8. The second-order valence-corrected chi connectivity index (χ2v) is 6.15. The van der Waals surface area contributed by atoms with Gasteiger partial charge in [0, 0.05) is 42.9 Å². The average molecular weight is 336 g/mol. The van der Waals surface area contributed by atoms with Crippen LogP contribution in [0.3, 0.4) is 0 Å². The maximum absolute atomic E-state index is 6.00. The van der Waals surface area contributed by atoms with E-state index in [4.69, 9.17) is 4.74 Å². The molecule has 1 aromatic carbocycles. The summed E-state index contributed by atoms with van der Waals surface area (Å²) >= 11 is 0. The molecular formula is C20H24N4O. The third kappa shape index (κ3) is 4.67. The summed E-state index contributed by atoms with van der Waals surface area (Å²) in [6, 6.07) is 14.6. The molecule has 2 atom stereocenters. The van der Waals surface area contributed by atoms with Gasteiger partial charge in [-0.15, -0.1) is 0 Å². The molecule has 3 rings (SSSR count). The normalized spacial score (nSPS) is 13.4. The number of hydrogen-bond donors (Lipinski definition) is 1. The quantitative estimate of drug-likeness (QED) is 0.683. The zero-order valence-corrected chi connectivity index (χ0v) is 14.7. The van der Waals surface area contributed by atoms with Crippen LogP contribution in [0.15, 0.2) is 67.3 Å². The van der Waals surface area contributed by atoms with Crippen molar-refractivity contribution in [2.75, 3.05) is 0 Å². The molecule has 0 radical (unpaired) electrons. The lowest BCUT2D eigenvalue weighted by molar-refractivity contribution is 0.299. The van der Waals surface area contributed by atoms with Gasteiger partial charge in [-0.2, -0.15) is 5.10 Å². The fourth-order valence-electron chi connectivity index (χ4n) is 2.62. The first-order chi connectivity index (χ1) is 12.2. The van der Waals surface area contributed by atoms with E-state index in [1.807, 2.05) is 53.5 Å². The number of benzene rings is 1. The van der Waals surface area contributed by atoms with Crippen molar-refractivity contribution < 1.29 is 4.74 Å². The predicted molar refractivity (Wildman–Crippen MR) is 98.3 cm³/mol. The van der Waals surface area contributed by atoms with Crippen LogP contribution in [0.2, 0.25) is 0 Å². The maximum atomic E-state index is 6.00. The Hall–Kier alpha value is -2.66. The van der Waals surface area contributed by atoms with E-state index < -0.39 is 0 Å². The molecule has 0 unspecified atom stereocenters. The highest BCUT2D eigenvalue weighted by Crippen LogP contribution is 2.20. The van der Waals surface area contributed by atoms with Gasteiger partial charge in [0.2, 0.25) is 0 Å². The lowest BCUT2D eigenvalue weighted by atomic mass is 10.1. The first-order valence-electron chi connectivity index (χ1n) is 8.56. The van der Waals surface area contributed by atoms with E-state index in [-0.39, 0.29) is 12.1 Å². The number of para-hydroxylation sites is 1. The Morgan fingerprint density at radius 2 is 1.84 bits per heavy atom. The SMILES string of the molecule is C[C@H](NCc1ccccc1OCc1ccncc1)[C@@H](C)n1cccn1. The zero-order chi connectivity index (χ0) is 17.5. The van der Waals surface area contributed by atoms with Gasteiger partial charge in [-0.1, -0.05) is 18.2 Å². The molecule has 0 aliphatic rings.